The minimum Gasteiger partial charge on any atom is -0.294 e. The molecule has 25 heavy (non-hydrogen) atoms. The fourth-order valence-corrected chi connectivity index (χ4v) is 4.31. The van der Waals surface area contributed by atoms with Crippen molar-refractivity contribution in [3.63, 3.8) is 0 Å². The maximum atomic E-state index is 12.4. The van der Waals surface area contributed by atoms with Crippen LogP contribution in [0.15, 0.2) is 54.6 Å². The Labute approximate surface area is 161 Å². The third kappa shape index (κ3) is 4.81. The van der Waals surface area contributed by atoms with Gasteiger partial charge in [-0.1, -0.05) is 42.5 Å². The normalized spacial score (nSPS) is 13.7. The van der Waals surface area contributed by atoms with Gasteiger partial charge in [-0.05, 0) is 25.0 Å². The summed E-state index contributed by atoms with van der Waals surface area (Å²) in [5.41, 5.74) is 1.75. The lowest BCUT2D eigenvalue weighted by molar-refractivity contribution is 0.0977. The molecule has 5 heteroatoms. The number of carbonyl (C=O) groups is 1. The summed E-state index contributed by atoms with van der Waals surface area (Å²) in [6.45, 7) is 0. The van der Waals surface area contributed by atoms with Gasteiger partial charge in [0.05, 0.1) is 15.2 Å². The van der Waals surface area contributed by atoms with Crippen molar-refractivity contribution in [3.05, 3.63) is 65.2 Å². The van der Waals surface area contributed by atoms with Crippen LogP contribution in [-0.4, -0.2) is 22.0 Å². The maximum Gasteiger partial charge on any atom is 0.162 e. The van der Waals surface area contributed by atoms with Crippen molar-refractivity contribution in [2.24, 2.45) is 0 Å². The molecule has 0 saturated carbocycles. The van der Waals surface area contributed by atoms with Gasteiger partial charge in [-0.2, -0.15) is 0 Å². The lowest BCUT2D eigenvalue weighted by Crippen LogP contribution is -2.11. The summed E-state index contributed by atoms with van der Waals surface area (Å²) < 4.78 is 1.16. The first kappa shape index (κ1) is 18.4. The van der Waals surface area contributed by atoms with Crippen LogP contribution in [0.2, 0.25) is 0 Å². The molecule has 130 valence electrons. The average Bonchev–Trinajstić information content (AvgIpc) is 3.09. The molecule has 0 saturated heterocycles. The molecule has 2 aromatic carbocycles. The number of halogens is 2. The topological polar surface area (TPSA) is 30.0 Å². The van der Waals surface area contributed by atoms with Gasteiger partial charge in [0.2, 0.25) is 0 Å². The maximum absolute atomic E-state index is 12.4. The molecule has 1 aromatic heterocycles. The predicted molar refractivity (Wildman–Crippen MR) is 107 cm³/mol. The molecule has 0 spiro atoms. The van der Waals surface area contributed by atoms with Crippen LogP contribution in [0.3, 0.4) is 0 Å². The number of rotatable bonds is 8. The van der Waals surface area contributed by atoms with Gasteiger partial charge in [-0.3, -0.25) is 4.79 Å². The Balaban J connectivity index is 1.76. The number of carbonyl (C=O) groups excluding carboxylic acids is 1. The number of aromatic nitrogens is 1. The lowest BCUT2D eigenvalue weighted by atomic mass is 9.95. The fourth-order valence-electron chi connectivity index (χ4n) is 2.85. The number of hydrogen-bond acceptors (Lipinski definition) is 3. The van der Waals surface area contributed by atoms with Gasteiger partial charge in [0.25, 0.3) is 0 Å². The summed E-state index contributed by atoms with van der Waals surface area (Å²) in [6.07, 6.45) is 1.94. The highest BCUT2D eigenvalue weighted by molar-refractivity contribution is 7.18. The number of para-hydroxylation sites is 1. The second-order valence-corrected chi connectivity index (χ2v) is 8.02. The van der Waals surface area contributed by atoms with Gasteiger partial charge < -0.3 is 0 Å². The van der Waals surface area contributed by atoms with E-state index in [0.29, 0.717) is 12.3 Å². The Morgan fingerprint density at radius 2 is 1.80 bits per heavy atom. The Bertz CT molecular complexity index is 801. The zero-order valence-electron chi connectivity index (χ0n) is 13.7. The van der Waals surface area contributed by atoms with Crippen molar-refractivity contribution >= 4 is 50.5 Å². The third-order valence-corrected chi connectivity index (χ3v) is 6.24. The van der Waals surface area contributed by atoms with Gasteiger partial charge in [0, 0.05) is 29.2 Å². The van der Waals surface area contributed by atoms with Gasteiger partial charge in [-0.15, -0.1) is 34.5 Å². The number of nitrogens with zero attached hydrogens (tertiary/aromatic N) is 1. The molecule has 3 rings (SSSR count). The molecule has 2 atom stereocenters. The molecule has 1 heterocycles. The largest absolute Gasteiger partial charge is 0.294 e. The molecule has 0 bridgehead atoms. The van der Waals surface area contributed by atoms with Crippen LogP contribution in [0, 0.1) is 0 Å². The molecular weight excluding hydrogens is 373 g/mol. The van der Waals surface area contributed by atoms with E-state index in [1.165, 1.54) is 0 Å². The summed E-state index contributed by atoms with van der Waals surface area (Å²) in [7, 11) is 0. The molecule has 0 N–H and O–H groups in total. The molecule has 0 aliphatic rings. The van der Waals surface area contributed by atoms with E-state index < -0.39 is 0 Å². The van der Waals surface area contributed by atoms with E-state index in [4.69, 9.17) is 28.2 Å². The van der Waals surface area contributed by atoms with E-state index >= 15 is 0 Å². The number of Topliss-reactive ketones (excluding diaryl/α,β-unsaturated/α-hetero) is 1. The molecular formula is C20H19Cl2NOS. The fraction of sp³-hybridized carbons (Fsp3) is 0.300. The van der Waals surface area contributed by atoms with E-state index in [1.54, 1.807) is 11.3 Å². The average molecular weight is 392 g/mol. The molecule has 2 unspecified atom stereocenters. The monoisotopic (exact) mass is 391 g/mol. The molecule has 0 amide bonds. The molecule has 0 radical (unpaired) electrons. The zero-order valence-corrected chi connectivity index (χ0v) is 16.0. The van der Waals surface area contributed by atoms with Crippen LogP contribution in [0.4, 0.5) is 0 Å². The van der Waals surface area contributed by atoms with E-state index in [0.717, 1.165) is 33.6 Å². The molecule has 0 fully saturated rings. The third-order valence-electron chi connectivity index (χ3n) is 4.18. The smallest absolute Gasteiger partial charge is 0.162 e. The highest BCUT2D eigenvalue weighted by Crippen LogP contribution is 2.34. The Kier molecular flexibility index (Phi) is 6.46. The van der Waals surface area contributed by atoms with E-state index in [2.05, 4.69) is 6.07 Å². The number of benzene rings is 2. The van der Waals surface area contributed by atoms with Crippen LogP contribution >= 0.6 is 34.5 Å². The number of fused-ring (bicyclic) bond motifs is 1. The number of thiazole rings is 1. The lowest BCUT2D eigenvalue weighted by Gasteiger charge is -2.16. The predicted octanol–water partition coefficient (Wildman–Crippen LogP) is 6.28. The second kappa shape index (κ2) is 8.79. The highest BCUT2D eigenvalue weighted by Gasteiger charge is 2.21. The van der Waals surface area contributed by atoms with Crippen molar-refractivity contribution < 1.29 is 4.79 Å². The first-order valence-corrected chi connectivity index (χ1v) is 10.1. The first-order valence-electron chi connectivity index (χ1n) is 8.31. The molecule has 0 aliphatic carbocycles. The van der Waals surface area contributed by atoms with Gasteiger partial charge >= 0.3 is 0 Å². The SMILES string of the molecule is O=C(CCC(CC(Cl)CCl)c1nc2ccccc2s1)c1ccccc1. The van der Waals surface area contributed by atoms with E-state index in [-0.39, 0.29) is 17.1 Å². The van der Waals surface area contributed by atoms with Crippen molar-refractivity contribution in [3.8, 4) is 0 Å². The number of ketones is 1. The first-order chi connectivity index (χ1) is 12.2. The van der Waals surface area contributed by atoms with Crippen molar-refractivity contribution in [2.45, 2.75) is 30.6 Å². The number of hydrogen-bond donors (Lipinski definition) is 0. The van der Waals surface area contributed by atoms with Crippen molar-refractivity contribution in [1.82, 2.24) is 4.98 Å². The van der Waals surface area contributed by atoms with Crippen LogP contribution in [0.25, 0.3) is 10.2 Å². The van der Waals surface area contributed by atoms with Crippen LogP contribution in [-0.2, 0) is 0 Å². The van der Waals surface area contributed by atoms with Gasteiger partial charge in [-0.25, -0.2) is 4.98 Å². The summed E-state index contributed by atoms with van der Waals surface area (Å²) in [5.74, 6) is 0.699. The van der Waals surface area contributed by atoms with E-state index in [1.807, 2.05) is 48.5 Å². The van der Waals surface area contributed by atoms with Crippen molar-refractivity contribution in [1.29, 1.82) is 0 Å². The zero-order chi connectivity index (χ0) is 17.6. The Morgan fingerprint density at radius 3 is 2.52 bits per heavy atom. The molecule has 3 aromatic rings. The summed E-state index contributed by atoms with van der Waals surface area (Å²) in [4.78, 5) is 17.2. The quantitative estimate of drug-likeness (QED) is 0.334. The van der Waals surface area contributed by atoms with Gasteiger partial charge in [0.15, 0.2) is 5.78 Å². The summed E-state index contributed by atoms with van der Waals surface area (Å²) >= 11 is 13.9. The van der Waals surface area contributed by atoms with Gasteiger partial charge in [0.1, 0.15) is 0 Å². The van der Waals surface area contributed by atoms with Crippen LogP contribution in [0.1, 0.15) is 40.5 Å². The Morgan fingerprint density at radius 1 is 1.08 bits per heavy atom. The number of alkyl halides is 2. The second-order valence-electron chi connectivity index (χ2n) is 6.03. The van der Waals surface area contributed by atoms with Crippen LogP contribution in [0.5, 0.6) is 0 Å². The minimum atomic E-state index is -0.120. The van der Waals surface area contributed by atoms with E-state index in [9.17, 15) is 4.79 Å². The highest BCUT2D eigenvalue weighted by atomic mass is 35.5. The Hall–Kier alpha value is -1.42. The summed E-state index contributed by atoms with van der Waals surface area (Å²) in [6, 6.07) is 17.5. The minimum absolute atomic E-state index is 0.120. The molecule has 2 nitrogen and oxygen atoms in total. The van der Waals surface area contributed by atoms with Crippen molar-refractivity contribution in [2.75, 3.05) is 5.88 Å². The standard InChI is InChI=1S/C20H19Cl2NOS/c21-13-16(22)12-15(10-11-18(24)14-6-2-1-3-7-14)20-23-17-8-4-5-9-19(17)25-20/h1-9,15-16H,10-13H2. The summed E-state index contributed by atoms with van der Waals surface area (Å²) in [5, 5.41) is 0.920. The van der Waals surface area contributed by atoms with Crippen LogP contribution < -0.4 is 0 Å². The molecule has 0 aliphatic heterocycles.